The smallest absolute Gasteiger partial charge is 0.143 e. The summed E-state index contributed by atoms with van der Waals surface area (Å²) in [5.74, 6) is -0.466. The molecule has 0 aliphatic carbocycles. The average Bonchev–Trinajstić information content (AvgIpc) is 2.39. The zero-order valence-electron chi connectivity index (χ0n) is 11.0. The Balaban J connectivity index is 2.36. The molecule has 0 spiro atoms. The van der Waals surface area contributed by atoms with Gasteiger partial charge in [-0.3, -0.25) is 0 Å². The lowest BCUT2D eigenvalue weighted by molar-refractivity contribution is 0.303. The van der Waals surface area contributed by atoms with E-state index < -0.39 is 5.82 Å². The van der Waals surface area contributed by atoms with Crippen molar-refractivity contribution in [1.82, 2.24) is 4.90 Å². The van der Waals surface area contributed by atoms with Crippen molar-refractivity contribution in [2.75, 3.05) is 31.5 Å². The van der Waals surface area contributed by atoms with E-state index in [1.165, 1.54) is 12.1 Å². The van der Waals surface area contributed by atoms with Gasteiger partial charge in [0.15, 0.2) is 0 Å². The number of benzene rings is 1. The predicted octanol–water partition coefficient (Wildman–Crippen LogP) is 2.84. The van der Waals surface area contributed by atoms with Gasteiger partial charge in [-0.15, -0.1) is 0 Å². The van der Waals surface area contributed by atoms with Crippen molar-refractivity contribution in [2.45, 2.75) is 20.3 Å². The van der Waals surface area contributed by atoms with Gasteiger partial charge in [-0.25, -0.2) is 4.39 Å². The first-order valence-corrected chi connectivity index (χ1v) is 6.37. The van der Waals surface area contributed by atoms with Crippen LogP contribution in [-0.2, 0) is 0 Å². The Morgan fingerprint density at radius 1 is 1.33 bits per heavy atom. The van der Waals surface area contributed by atoms with E-state index in [2.05, 4.69) is 24.1 Å². The SMILES string of the molecule is CCN(CC)CCCNc1ccc(C#N)c(F)c1. The third-order valence-corrected chi connectivity index (χ3v) is 2.96. The number of halogens is 1. The van der Waals surface area contributed by atoms with Crippen LogP contribution in [0, 0.1) is 17.1 Å². The van der Waals surface area contributed by atoms with Crippen molar-refractivity contribution in [3.8, 4) is 6.07 Å². The first-order chi connectivity index (χ1) is 8.71. The van der Waals surface area contributed by atoms with Crippen LogP contribution >= 0.6 is 0 Å². The van der Waals surface area contributed by atoms with Gasteiger partial charge in [-0.2, -0.15) is 5.26 Å². The molecule has 0 aliphatic rings. The molecule has 0 saturated carbocycles. The van der Waals surface area contributed by atoms with Crippen LogP contribution in [0.4, 0.5) is 10.1 Å². The number of hydrogen-bond acceptors (Lipinski definition) is 3. The van der Waals surface area contributed by atoms with Gasteiger partial charge >= 0.3 is 0 Å². The summed E-state index contributed by atoms with van der Waals surface area (Å²) in [6.07, 6.45) is 1.02. The van der Waals surface area contributed by atoms with Crippen LogP contribution in [0.3, 0.4) is 0 Å². The standard InChI is InChI=1S/C14H20FN3/c1-3-18(4-2)9-5-8-17-13-7-6-12(11-16)14(15)10-13/h6-7,10,17H,3-5,8-9H2,1-2H3. The van der Waals surface area contributed by atoms with Crippen molar-refractivity contribution in [3.63, 3.8) is 0 Å². The largest absolute Gasteiger partial charge is 0.385 e. The van der Waals surface area contributed by atoms with E-state index in [1.807, 2.05) is 6.07 Å². The molecule has 0 radical (unpaired) electrons. The summed E-state index contributed by atoms with van der Waals surface area (Å²) in [6.45, 7) is 8.25. The fourth-order valence-electron chi connectivity index (χ4n) is 1.79. The van der Waals surface area contributed by atoms with E-state index in [1.54, 1.807) is 6.07 Å². The molecule has 4 heteroatoms. The van der Waals surface area contributed by atoms with E-state index in [0.29, 0.717) is 0 Å². The molecule has 3 nitrogen and oxygen atoms in total. The Bertz CT molecular complexity index is 408. The molecule has 0 fully saturated rings. The molecule has 18 heavy (non-hydrogen) atoms. The van der Waals surface area contributed by atoms with Crippen LogP contribution in [0.25, 0.3) is 0 Å². The lowest BCUT2D eigenvalue weighted by Crippen LogP contribution is -2.25. The topological polar surface area (TPSA) is 39.1 Å². The molecule has 0 saturated heterocycles. The summed E-state index contributed by atoms with van der Waals surface area (Å²) < 4.78 is 13.3. The lowest BCUT2D eigenvalue weighted by Gasteiger charge is -2.17. The van der Waals surface area contributed by atoms with Gasteiger partial charge in [-0.05, 0) is 44.3 Å². The number of rotatable bonds is 7. The maximum atomic E-state index is 13.3. The van der Waals surface area contributed by atoms with E-state index >= 15 is 0 Å². The zero-order chi connectivity index (χ0) is 13.4. The molecular formula is C14H20FN3. The van der Waals surface area contributed by atoms with E-state index in [4.69, 9.17) is 5.26 Å². The van der Waals surface area contributed by atoms with E-state index in [9.17, 15) is 4.39 Å². The molecule has 1 aromatic carbocycles. The summed E-state index contributed by atoms with van der Waals surface area (Å²) in [5, 5.41) is 11.8. The van der Waals surface area contributed by atoms with Gasteiger partial charge in [0.2, 0.25) is 0 Å². The minimum absolute atomic E-state index is 0.0868. The number of hydrogen-bond donors (Lipinski definition) is 1. The van der Waals surface area contributed by atoms with Crippen LogP contribution in [-0.4, -0.2) is 31.1 Å². The van der Waals surface area contributed by atoms with Crippen molar-refractivity contribution < 1.29 is 4.39 Å². The summed E-state index contributed by atoms with van der Waals surface area (Å²) in [5.41, 5.74) is 0.815. The van der Waals surface area contributed by atoms with Crippen LogP contribution < -0.4 is 5.32 Å². The second-order valence-corrected chi connectivity index (χ2v) is 4.11. The Morgan fingerprint density at radius 2 is 2.06 bits per heavy atom. The third kappa shape index (κ3) is 4.34. The minimum atomic E-state index is -0.466. The maximum absolute atomic E-state index is 13.3. The fraction of sp³-hybridized carbons (Fsp3) is 0.500. The Kier molecular flexibility index (Phi) is 6.16. The van der Waals surface area contributed by atoms with Crippen molar-refractivity contribution in [1.29, 1.82) is 5.26 Å². The molecule has 0 bridgehead atoms. The summed E-state index contributed by atoms with van der Waals surface area (Å²) in [6, 6.07) is 6.42. The second kappa shape index (κ2) is 7.67. The van der Waals surface area contributed by atoms with E-state index in [-0.39, 0.29) is 5.56 Å². The van der Waals surface area contributed by atoms with Crippen molar-refractivity contribution in [2.24, 2.45) is 0 Å². The van der Waals surface area contributed by atoms with Gasteiger partial charge in [0, 0.05) is 12.2 Å². The third-order valence-electron chi connectivity index (χ3n) is 2.96. The molecule has 0 atom stereocenters. The molecule has 0 heterocycles. The molecule has 0 amide bonds. The number of nitriles is 1. The fourth-order valence-corrected chi connectivity index (χ4v) is 1.79. The molecule has 1 aromatic rings. The quantitative estimate of drug-likeness (QED) is 0.755. The van der Waals surface area contributed by atoms with Crippen LogP contribution in [0.2, 0.25) is 0 Å². The lowest BCUT2D eigenvalue weighted by atomic mass is 10.2. The molecule has 1 N–H and O–H groups in total. The highest BCUT2D eigenvalue weighted by Gasteiger charge is 2.02. The van der Waals surface area contributed by atoms with Gasteiger partial charge in [-0.1, -0.05) is 13.8 Å². The van der Waals surface area contributed by atoms with Gasteiger partial charge in [0.05, 0.1) is 5.56 Å². The Hall–Kier alpha value is -1.60. The highest BCUT2D eigenvalue weighted by molar-refractivity contribution is 5.47. The average molecular weight is 249 g/mol. The summed E-state index contributed by atoms with van der Waals surface area (Å²) >= 11 is 0. The van der Waals surface area contributed by atoms with Gasteiger partial charge in [0.25, 0.3) is 0 Å². The van der Waals surface area contributed by atoms with Crippen LogP contribution in [0.5, 0.6) is 0 Å². The van der Waals surface area contributed by atoms with Gasteiger partial charge in [0.1, 0.15) is 11.9 Å². The van der Waals surface area contributed by atoms with Crippen LogP contribution in [0.15, 0.2) is 18.2 Å². The highest BCUT2D eigenvalue weighted by Crippen LogP contribution is 2.13. The number of nitrogens with zero attached hydrogens (tertiary/aromatic N) is 2. The maximum Gasteiger partial charge on any atom is 0.143 e. The summed E-state index contributed by atoms with van der Waals surface area (Å²) in [7, 11) is 0. The normalized spacial score (nSPS) is 10.4. The molecule has 0 unspecified atom stereocenters. The molecule has 1 rings (SSSR count). The summed E-state index contributed by atoms with van der Waals surface area (Å²) in [4.78, 5) is 2.35. The predicted molar refractivity (Wildman–Crippen MR) is 72.0 cm³/mol. The van der Waals surface area contributed by atoms with Crippen LogP contribution in [0.1, 0.15) is 25.8 Å². The van der Waals surface area contributed by atoms with Crippen molar-refractivity contribution >= 4 is 5.69 Å². The van der Waals surface area contributed by atoms with E-state index in [0.717, 1.165) is 38.3 Å². The number of nitrogens with one attached hydrogen (secondary N) is 1. The highest BCUT2D eigenvalue weighted by atomic mass is 19.1. The molecule has 0 aliphatic heterocycles. The Morgan fingerprint density at radius 3 is 2.61 bits per heavy atom. The zero-order valence-corrected chi connectivity index (χ0v) is 11.0. The molecule has 0 aromatic heterocycles. The van der Waals surface area contributed by atoms with Gasteiger partial charge < -0.3 is 10.2 Å². The molecular weight excluding hydrogens is 229 g/mol. The van der Waals surface area contributed by atoms with Crippen molar-refractivity contribution in [3.05, 3.63) is 29.6 Å². The monoisotopic (exact) mass is 249 g/mol. The Labute approximate surface area is 108 Å². The second-order valence-electron chi connectivity index (χ2n) is 4.11. The first-order valence-electron chi connectivity index (χ1n) is 6.37. The molecule has 98 valence electrons. The first kappa shape index (κ1) is 14.5. The minimum Gasteiger partial charge on any atom is -0.385 e. The number of anilines is 1.